The maximum Gasteiger partial charge on any atom is 0.344 e. The molecular weight excluding hydrogens is 418 g/mol. The quantitative estimate of drug-likeness (QED) is 0.659. The van der Waals surface area contributed by atoms with Gasteiger partial charge in [0, 0.05) is 24.5 Å². The molecule has 0 bridgehead atoms. The third kappa shape index (κ3) is 4.11. The third-order valence-electron chi connectivity index (χ3n) is 4.50. The molecule has 152 valence electrons. The second-order valence-electron chi connectivity index (χ2n) is 6.44. The molecule has 1 unspecified atom stereocenters. The summed E-state index contributed by atoms with van der Waals surface area (Å²) in [6, 6.07) is 0.698. The van der Waals surface area contributed by atoms with Gasteiger partial charge in [-0.2, -0.15) is 0 Å². The molecule has 0 fully saturated rings. The summed E-state index contributed by atoms with van der Waals surface area (Å²) in [5.74, 6) is -2.62. The van der Waals surface area contributed by atoms with E-state index in [-0.39, 0.29) is 46.5 Å². The van der Waals surface area contributed by atoms with Gasteiger partial charge in [0.25, 0.3) is 0 Å². The number of hydrogen-bond donors (Lipinski definition) is 0. The highest BCUT2D eigenvalue weighted by Gasteiger charge is 2.38. The number of carbonyl (C=O) groups excluding carboxylic acids is 2. The molecule has 10 heteroatoms. The molecular formula is C18H17ClF2O6S. The lowest BCUT2D eigenvalue weighted by molar-refractivity contribution is -0.115. The molecule has 1 heterocycles. The summed E-state index contributed by atoms with van der Waals surface area (Å²) in [6.45, 7) is -1.14. The van der Waals surface area contributed by atoms with Crippen LogP contribution in [0, 0.1) is 5.82 Å². The molecule has 0 aromatic heterocycles. The summed E-state index contributed by atoms with van der Waals surface area (Å²) in [4.78, 5) is 23.3. The van der Waals surface area contributed by atoms with Gasteiger partial charge >= 0.3 is 5.97 Å². The van der Waals surface area contributed by atoms with Gasteiger partial charge < -0.3 is 9.47 Å². The minimum absolute atomic E-state index is 0.0490. The smallest absolute Gasteiger partial charge is 0.344 e. The molecule has 6 nitrogen and oxygen atoms in total. The van der Waals surface area contributed by atoms with Gasteiger partial charge in [0.05, 0.1) is 29.0 Å². The van der Waals surface area contributed by atoms with Crippen molar-refractivity contribution in [3.8, 4) is 0 Å². The second-order valence-corrected chi connectivity index (χ2v) is 8.86. The van der Waals surface area contributed by atoms with E-state index in [0.29, 0.717) is 25.3 Å². The fraction of sp³-hybridized carbons (Fsp3) is 0.444. The first-order chi connectivity index (χ1) is 13.2. The molecule has 0 saturated heterocycles. The first-order valence-corrected chi connectivity index (χ1v) is 10.7. The van der Waals surface area contributed by atoms with Crippen molar-refractivity contribution in [1.29, 1.82) is 0 Å². The van der Waals surface area contributed by atoms with Crippen molar-refractivity contribution in [3.05, 3.63) is 39.9 Å². The Balaban J connectivity index is 2.03. The van der Waals surface area contributed by atoms with Crippen LogP contribution in [-0.2, 0) is 24.1 Å². The van der Waals surface area contributed by atoms with Crippen LogP contribution in [0.4, 0.5) is 8.78 Å². The number of carbonyl (C=O) groups is 2. The normalized spacial score (nSPS) is 21.0. The number of fused-ring (bicyclic) bond motifs is 1. The highest BCUT2D eigenvalue weighted by molar-refractivity contribution is 7.91. The standard InChI is InChI=1S/C18H17ClF2O6S/c19-16-12(18(23)27-11-3-1-2-10(22)8-11)9-13(21)17-15(16)14(26-6-5-20)4-7-28(17,24)25/h8-9,14H,1-7H2. The summed E-state index contributed by atoms with van der Waals surface area (Å²) in [7, 11) is -3.97. The van der Waals surface area contributed by atoms with Gasteiger partial charge in [-0.25, -0.2) is 22.0 Å². The molecule has 0 spiro atoms. The SMILES string of the molecule is O=C1C=C(OC(=O)c2cc(F)c3c(c2Cl)C(OCCF)CCS3(=O)=O)CCC1. The van der Waals surface area contributed by atoms with E-state index in [9.17, 15) is 26.8 Å². The number of rotatable bonds is 5. The van der Waals surface area contributed by atoms with Gasteiger partial charge in [-0.05, 0) is 18.9 Å². The lowest BCUT2D eigenvalue weighted by Crippen LogP contribution is -2.25. The lowest BCUT2D eigenvalue weighted by Gasteiger charge is -2.27. The van der Waals surface area contributed by atoms with Crippen LogP contribution < -0.4 is 0 Å². The average Bonchev–Trinajstić information content (AvgIpc) is 2.63. The van der Waals surface area contributed by atoms with E-state index in [4.69, 9.17) is 21.1 Å². The molecule has 1 aliphatic carbocycles. The van der Waals surface area contributed by atoms with Crippen molar-refractivity contribution in [1.82, 2.24) is 0 Å². The third-order valence-corrected chi connectivity index (χ3v) is 6.71. The van der Waals surface area contributed by atoms with E-state index in [1.54, 1.807) is 0 Å². The molecule has 0 saturated carbocycles. The van der Waals surface area contributed by atoms with Crippen LogP contribution in [0.15, 0.2) is 22.8 Å². The zero-order valence-electron chi connectivity index (χ0n) is 14.7. The summed E-state index contributed by atoms with van der Waals surface area (Å²) in [5.41, 5.74) is -0.593. The van der Waals surface area contributed by atoms with E-state index >= 15 is 0 Å². The number of hydrogen-bond acceptors (Lipinski definition) is 6. The zero-order chi connectivity index (χ0) is 20.5. The van der Waals surface area contributed by atoms with Crippen LogP contribution in [0.3, 0.4) is 0 Å². The summed E-state index contributed by atoms with van der Waals surface area (Å²) >= 11 is 6.25. The molecule has 1 aromatic carbocycles. The number of ether oxygens (including phenoxy) is 2. The van der Waals surface area contributed by atoms with Crippen molar-refractivity contribution in [2.24, 2.45) is 0 Å². The van der Waals surface area contributed by atoms with Crippen molar-refractivity contribution in [2.45, 2.75) is 36.7 Å². The summed E-state index contributed by atoms with van der Waals surface area (Å²) in [6.07, 6.45) is 1.40. The topological polar surface area (TPSA) is 86.7 Å². The van der Waals surface area contributed by atoms with Crippen LogP contribution in [0.1, 0.15) is 47.7 Å². The Morgan fingerprint density at radius 1 is 1.32 bits per heavy atom. The molecule has 0 N–H and O–H groups in total. The van der Waals surface area contributed by atoms with Crippen LogP contribution in [0.5, 0.6) is 0 Å². The lowest BCUT2D eigenvalue weighted by atomic mass is 10.0. The minimum atomic E-state index is -3.97. The van der Waals surface area contributed by atoms with Crippen LogP contribution in [-0.4, -0.2) is 39.2 Å². The van der Waals surface area contributed by atoms with Crippen LogP contribution in [0.2, 0.25) is 5.02 Å². The number of allylic oxidation sites excluding steroid dienone is 2. The molecule has 1 atom stereocenters. The van der Waals surface area contributed by atoms with Crippen molar-refractivity contribution in [2.75, 3.05) is 19.0 Å². The Labute approximate surface area is 165 Å². The van der Waals surface area contributed by atoms with E-state index in [1.165, 1.54) is 6.08 Å². The molecule has 1 aliphatic heterocycles. The Morgan fingerprint density at radius 2 is 2.07 bits per heavy atom. The maximum absolute atomic E-state index is 14.7. The van der Waals surface area contributed by atoms with Gasteiger partial charge in [0.15, 0.2) is 15.6 Å². The van der Waals surface area contributed by atoms with Crippen molar-refractivity contribution in [3.63, 3.8) is 0 Å². The highest BCUT2D eigenvalue weighted by Crippen LogP contribution is 2.42. The monoisotopic (exact) mass is 434 g/mol. The van der Waals surface area contributed by atoms with Crippen LogP contribution >= 0.6 is 11.6 Å². The maximum atomic E-state index is 14.7. The molecule has 2 aliphatic rings. The van der Waals surface area contributed by atoms with E-state index < -0.39 is 39.3 Å². The number of halogens is 3. The van der Waals surface area contributed by atoms with Gasteiger partial charge in [-0.3, -0.25) is 4.79 Å². The van der Waals surface area contributed by atoms with Gasteiger partial charge in [0.1, 0.15) is 23.1 Å². The molecule has 0 radical (unpaired) electrons. The van der Waals surface area contributed by atoms with E-state index in [1.807, 2.05) is 0 Å². The first-order valence-electron chi connectivity index (χ1n) is 8.62. The Hall–Kier alpha value is -1.84. The summed E-state index contributed by atoms with van der Waals surface area (Å²) in [5, 5.41) is -0.323. The molecule has 28 heavy (non-hydrogen) atoms. The fourth-order valence-electron chi connectivity index (χ4n) is 3.26. The number of ketones is 1. The van der Waals surface area contributed by atoms with Gasteiger partial charge in [-0.15, -0.1) is 0 Å². The Kier molecular flexibility index (Phi) is 6.16. The van der Waals surface area contributed by atoms with E-state index in [0.717, 1.165) is 0 Å². The summed E-state index contributed by atoms with van der Waals surface area (Å²) < 4.78 is 62.2. The molecule has 0 amide bonds. The highest BCUT2D eigenvalue weighted by atomic mass is 35.5. The van der Waals surface area contributed by atoms with Gasteiger partial charge in [0.2, 0.25) is 0 Å². The Bertz CT molecular complexity index is 957. The van der Waals surface area contributed by atoms with Gasteiger partial charge in [-0.1, -0.05) is 11.6 Å². The first kappa shape index (κ1) is 20.9. The second kappa shape index (κ2) is 8.26. The molecule has 1 aromatic rings. The zero-order valence-corrected chi connectivity index (χ0v) is 16.2. The van der Waals surface area contributed by atoms with E-state index in [2.05, 4.69) is 0 Å². The number of sulfone groups is 1. The predicted octanol–water partition coefficient (Wildman–Crippen LogP) is 3.48. The average molecular weight is 435 g/mol. The number of esters is 1. The minimum Gasteiger partial charge on any atom is -0.427 e. The number of benzene rings is 1. The van der Waals surface area contributed by atoms with Crippen LogP contribution in [0.25, 0.3) is 0 Å². The van der Waals surface area contributed by atoms with Crippen molar-refractivity contribution >= 4 is 33.2 Å². The predicted molar refractivity (Wildman–Crippen MR) is 95.1 cm³/mol. The van der Waals surface area contributed by atoms with Crippen molar-refractivity contribution < 1.29 is 36.3 Å². The fourth-order valence-corrected chi connectivity index (χ4v) is 5.32. The molecule has 3 rings (SSSR count). The number of alkyl halides is 1. The largest absolute Gasteiger partial charge is 0.427 e. The Morgan fingerprint density at radius 3 is 2.75 bits per heavy atom.